The van der Waals surface area contributed by atoms with Crippen LogP contribution in [0.15, 0.2) is 48.5 Å². The van der Waals surface area contributed by atoms with Crippen LogP contribution in [0, 0.1) is 6.92 Å². The van der Waals surface area contributed by atoms with Crippen LogP contribution in [0.25, 0.3) is 11.1 Å². The van der Waals surface area contributed by atoms with Crippen LogP contribution in [0.2, 0.25) is 0 Å². The zero-order chi connectivity index (χ0) is 14.9. The van der Waals surface area contributed by atoms with Gasteiger partial charge in [0.15, 0.2) is 0 Å². The average molecular weight is 285 g/mol. The number of methoxy groups -OCH3 is 1. The standard InChI is InChI=1S/C18H23NO2/c1-15-3-5-16(6-4-15)17-7-9-18(10-8-17)21-14-12-19-11-13-20-2/h3-10,19H,11-14H2,1-2H3. The molecule has 0 radical (unpaired) electrons. The van der Waals surface area contributed by atoms with Crippen molar-refractivity contribution in [1.82, 2.24) is 5.32 Å². The van der Waals surface area contributed by atoms with Gasteiger partial charge in [-0.2, -0.15) is 0 Å². The van der Waals surface area contributed by atoms with Gasteiger partial charge in [-0.25, -0.2) is 0 Å². The molecule has 0 aliphatic carbocycles. The van der Waals surface area contributed by atoms with Gasteiger partial charge in [-0.3, -0.25) is 0 Å². The number of aryl methyl sites for hydroxylation is 1. The number of rotatable bonds is 8. The van der Waals surface area contributed by atoms with Crippen LogP contribution in [0.3, 0.4) is 0 Å². The Hall–Kier alpha value is -1.84. The Bertz CT molecular complexity index is 520. The minimum atomic E-state index is 0.660. The maximum absolute atomic E-state index is 5.69. The summed E-state index contributed by atoms with van der Waals surface area (Å²) < 4.78 is 10.7. The van der Waals surface area contributed by atoms with Gasteiger partial charge in [0.25, 0.3) is 0 Å². The second kappa shape index (κ2) is 8.45. The molecule has 0 unspecified atom stereocenters. The van der Waals surface area contributed by atoms with Gasteiger partial charge in [-0.15, -0.1) is 0 Å². The molecule has 3 nitrogen and oxygen atoms in total. The van der Waals surface area contributed by atoms with E-state index in [1.807, 2.05) is 12.1 Å². The zero-order valence-electron chi connectivity index (χ0n) is 12.8. The minimum absolute atomic E-state index is 0.660. The molecule has 0 spiro atoms. The first kappa shape index (κ1) is 15.5. The van der Waals surface area contributed by atoms with Gasteiger partial charge >= 0.3 is 0 Å². The van der Waals surface area contributed by atoms with E-state index in [2.05, 4.69) is 48.6 Å². The summed E-state index contributed by atoms with van der Waals surface area (Å²) in [5.41, 5.74) is 3.72. The second-order valence-electron chi connectivity index (χ2n) is 4.98. The van der Waals surface area contributed by atoms with Gasteiger partial charge in [0.2, 0.25) is 0 Å². The number of nitrogens with one attached hydrogen (secondary N) is 1. The summed E-state index contributed by atoms with van der Waals surface area (Å²) in [5, 5.41) is 3.25. The van der Waals surface area contributed by atoms with Crippen LogP contribution in [-0.4, -0.2) is 33.4 Å². The summed E-state index contributed by atoms with van der Waals surface area (Å²) >= 11 is 0. The molecule has 0 aliphatic heterocycles. The summed E-state index contributed by atoms with van der Waals surface area (Å²) in [6.45, 7) is 5.16. The molecule has 0 amide bonds. The third kappa shape index (κ3) is 5.21. The van der Waals surface area contributed by atoms with E-state index in [0.29, 0.717) is 6.61 Å². The van der Waals surface area contributed by atoms with E-state index < -0.39 is 0 Å². The second-order valence-corrected chi connectivity index (χ2v) is 4.98. The van der Waals surface area contributed by atoms with Gasteiger partial charge in [0, 0.05) is 20.2 Å². The Morgan fingerprint density at radius 2 is 1.38 bits per heavy atom. The van der Waals surface area contributed by atoms with Gasteiger partial charge in [-0.1, -0.05) is 42.0 Å². The first-order chi connectivity index (χ1) is 10.3. The lowest BCUT2D eigenvalue weighted by molar-refractivity contribution is 0.197. The van der Waals surface area contributed by atoms with Crippen molar-refractivity contribution >= 4 is 0 Å². The van der Waals surface area contributed by atoms with Gasteiger partial charge in [0.1, 0.15) is 12.4 Å². The monoisotopic (exact) mass is 285 g/mol. The Balaban J connectivity index is 1.80. The SMILES string of the molecule is COCCNCCOc1ccc(-c2ccc(C)cc2)cc1. The highest BCUT2D eigenvalue weighted by Gasteiger charge is 1.98. The molecule has 0 saturated carbocycles. The summed E-state index contributed by atoms with van der Waals surface area (Å²) in [7, 11) is 1.70. The molecular formula is C18H23NO2. The van der Waals surface area contributed by atoms with E-state index in [-0.39, 0.29) is 0 Å². The number of hydrogen-bond acceptors (Lipinski definition) is 3. The van der Waals surface area contributed by atoms with E-state index >= 15 is 0 Å². The summed E-state index contributed by atoms with van der Waals surface area (Å²) in [6.07, 6.45) is 0. The largest absolute Gasteiger partial charge is 0.492 e. The van der Waals surface area contributed by atoms with Gasteiger partial charge in [0.05, 0.1) is 6.61 Å². The van der Waals surface area contributed by atoms with Crippen LogP contribution < -0.4 is 10.1 Å². The third-order valence-corrected chi connectivity index (χ3v) is 3.27. The maximum Gasteiger partial charge on any atom is 0.119 e. The number of ether oxygens (including phenoxy) is 2. The summed E-state index contributed by atoms with van der Waals surface area (Å²) in [6, 6.07) is 16.8. The van der Waals surface area contributed by atoms with E-state index in [1.54, 1.807) is 7.11 Å². The highest BCUT2D eigenvalue weighted by molar-refractivity contribution is 5.64. The van der Waals surface area contributed by atoms with Crippen molar-refractivity contribution in [3.8, 4) is 16.9 Å². The first-order valence-corrected chi connectivity index (χ1v) is 7.29. The highest BCUT2D eigenvalue weighted by atomic mass is 16.5. The molecule has 0 aliphatic rings. The smallest absolute Gasteiger partial charge is 0.119 e. The molecule has 0 aromatic heterocycles. The Labute approximate surface area is 126 Å². The summed E-state index contributed by atoms with van der Waals surface area (Å²) in [4.78, 5) is 0. The van der Waals surface area contributed by atoms with E-state index in [0.717, 1.165) is 25.4 Å². The Morgan fingerprint density at radius 1 is 0.810 bits per heavy atom. The lowest BCUT2D eigenvalue weighted by Gasteiger charge is -2.08. The van der Waals surface area contributed by atoms with Crippen molar-refractivity contribution in [3.63, 3.8) is 0 Å². The first-order valence-electron chi connectivity index (χ1n) is 7.29. The zero-order valence-corrected chi connectivity index (χ0v) is 12.8. The topological polar surface area (TPSA) is 30.5 Å². The number of benzene rings is 2. The van der Waals surface area contributed by atoms with Crippen molar-refractivity contribution in [2.75, 3.05) is 33.4 Å². The van der Waals surface area contributed by atoms with Crippen LogP contribution in [0.5, 0.6) is 5.75 Å². The third-order valence-electron chi connectivity index (χ3n) is 3.27. The molecule has 0 fully saturated rings. The molecule has 3 heteroatoms. The van der Waals surface area contributed by atoms with Crippen LogP contribution >= 0.6 is 0 Å². The molecule has 2 aromatic carbocycles. The molecule has 0 saturated heterocycles. The van der Waals surface area contributed by atoms with Crippen molar-refractivity contribution < 1.29 is 9.47 Å². The fourth-order valence-corrected chi connectivity index (χ4v) is 2.03. The van der Waals surface area contributed by atoms with Crippen LogP contribution in [0.1, 0.15) is 5.56 Å². The number of hydrogen-bond donors (Lipinski definition) is 1. The van der Waals surface area contributed by atoms with Crippen LogP contribution in [0.4, 0.5) is 0 Å². The molecule has 21 heavy (non-hydrogen) atoms. The molecule has 0 bridgehead atoms. The predicted octanol–water partition coefficient (Wildman–Crippen LogP) is 3.28. The Kier molecular flexibility index (Phi) is 6.25. The lowest BCUT2D eigenvalue weighted by atomic mass is 10.0. The molecule has 2 aromatic rings. The van der Waals surface area contributed by atoms with E-state index in [9.17, 15) is 0 Å². The maximum atomic E-state index is 5.69. The summed E-state index contributed by atoms with van der Waals surface area (Å²) in [5.74, 6) is 0.902. The predicted molar refractivity (Wildman–Crippen MR) is 86.9 cm³/mol. The van der Waals surface area contributed by atoms with Crippen molar-refractivity contribution in [1.29, 1.82) is 0 Å². The van der Waals surface area contributed by atoms with E-state index in [1.165, 1.54) is 16.7 Å². The molecule has 0 atom stereocenters. The molecule has 2 rings (SSSR count). The normalized spacial score (nSPS) is 10.6. The average Bonchev–Trinajstić information content (AvgIpc) is 2.52. The van der Waals surface area contributed by atoms with Gasteiger partial charge < -0.3 is 14.8 Å². The highest BCUT2D eigenvalue weighted by Crippen LogP contribution is 2.22. The van der Waals surface area contributed by atoms with Crippen molar-refractivity contribution in [3.05, 3.63) is 54.1 Å². The minimum Gasteiger partial charge on any atom is -0.492 e. The quantitative estimate of drug-likeness (QED) is 0.755. The van der Waals surface area contributed by atoms with E-state index in [4.69, 9.17) is 9.47 Å². The lowest BCUT2D eigenvalue weighted by Crippen LogP contribution is -2.24. The molecular weight excluding hydrogens is 262 g/mol. The fraction of sp³-hybridized carbons (Fsp3) is 0.333. The molecule has 112 valence electrons. The van der Waals surface area contributed by atoms with Crippen LogP contribution in [-0.2, 0) is 4.74 Å². The van der Waals surface area contributed by atoms with Crippen molar-refractivity contribution in [2.24, 2.45) is 0 Å². The molecule has 0 heterocycles. The molecule has 1 N–H and O–H groups in total. The Morgan fingerprint density at radius 3 is 2.00 bits per heavy atom. The van der Waals surface area contributed by atoms with Gasteiger partial charge in [-0.05, 0) is 30.2 Å². The van der Waals surface area contributed by atoms with Crippen molar-refractivity contribution in [2.45, 2.75) is 6.92 Å². The fourth-order valence-electron chi connectivity index (χ4n) is 2.03.